The number of piperazine rings is 1. The van der Waals surface area contributed by atoms with Gasteiger partial charge in [-0.05, 0) is 47.8 Å². The third kappa shape index (κ3) is 4.50. The highest BCUT2D eigenvalue weighted by Gasteiger charge is 2.30. The van der Waals surface area contributed by atoms with E-state index in [2.05, 4.69) is 50.1 Å². The molecule has 0 aliphatic carbocycles. The molecular formula is C14H31N3O. The Morgan fingerprint density at radius 2 is 2.00 bits per heavy atom. The van der Waals surface area contributed by atoms with Gasteiger partial charge >= 0.3 is 0 Å². The summed E-state index contributed by atoms with van der Waals surface area (Å²) in [5.41, 5.74) is -0.0196. The van der Waals surface area contributed by atoms with Gasteiger partial charge in [0.2, 0.25) is 0 Å². The summed E-state index contributed by atoms with van der Waals surface area (Å²) in [6.45, 7) is 7.81. The Balaban J connectivity index is 2.54. The van der Waals surface area contributed by atoms with E-state index < -0.39 is 0 Å². The third-order valence-electron chi connectivity index (χ3n) is 4.34. The quantitative estimate of drug-likeness (QED) is 0.769. The predicted octanol–water partition coefficient (Wildman–Crippen LogP) is 1.03. The number of ether oxygens (including phenoxy) is 1. The van der Waals surface area contributed by atoms with Crippen molar-refractivity contribution < 1.29 is 4.74 Å². The minimum absolute atomic E-state index is 0.0196. The fourth-order valence-corrected chi connectivity index (χ4v) is 2.61. The standard InChI is InChI=1S/C14H31N3O/c1-14(2,18-6)8-7-12(15-3)13-11-16(4)9-10-17(13)5/h12-13,15H,7-11H2,1-6H3. The van der Waals surface area contributed by atoms with Gasteiger partial charge in [-0.15, -0.1) is 0 Å². The lowest BCUT2D eigenvalue weighted by atomic mass is 9.93. The Morgan fingerprint density at radius 3 is 2.56 bits per heavy atom. The lowest BCUT2D eigenvalue weighted by Gasteiger charge is -2.42. The SMILES string of the molecule is CNC(CCC(C)(C)OC)C1CN(C)CCN1C. The Bertz CT molecular complexity index is 245. The van der Waals surface area contributed by atoms with Crippen molar-refractivity contribution in [1.82, 2.24) is 15.1 Å². The first kappa shape index (κ1) is 15.9. The molecule has 0 amide bonds. The molecule has 0 spiro atoms. The number of rotatable bonds is 6. The molecule has 0 saturated carbocycles. The second-order valence-corrected chi connectivity index (χ2v) is 6.21. The maximum atomic E-state index is 5.52. The molecule has 0 aromatic rings. The van der Waals surface area contributed by atoms with E-state index in [1.807, 2.05) is 0 Å². The minimum atomic E-state index is -0.0196. The number of methoxy groups -OCH3 is 1. The lowest BCUT2D eigenvalue weighted by Crippen LogP contribution is -2.58. The normalized spacial score (nSPS) is 25.3. The molecule has 1 rings (SSSR count). The van der Waals surface area contributed by atoms with Gasteiger partial charge in [-0.3, -0.25) is 4.90 Å². The molecule has 0 aromatic carbocycles. The summed E-state index contributed by atoms with van der Waals surface area (Å²) in [4.78, 5) is 4.91. The van der Waals surface area contributed by atoms with Crippen LogP contribution in [0.1, 0.15) is 26.7 Å². The van der Waals surface area contributed by atoms with Crippen molar-refractivity contribution in [2.45, 2.75) is 44.4 Å². The van der Waals surface area contributed by atoms with Gasteiger partial charge in [0, 0.05) is 38.8 Å². The molecule has 0 aromatic heterocycles. The zero-order valence-electron chi connectivity index (χ0n) is 13.0. The van der Waals surface area contributed by atoms with Crippen molar-refractivity contribution in [2.24, 2.45) is 0 Å². The first-order valence-electron chi connectivity index (χ1n) is 7.01. The van der Waals surface area contributed by atoms with Crippen LogP contribution in [0.2, 0.25) is 0 Å². The molecule has 1 saturated heterocycles. The molecule has 1 N–H and O–H groups in total. The predicted molar refractivity (Wildman–Crippen MR) is 77.1 cm³/mol. The van der Waals surface area contributed by atoms with E-state index in [4.69, 9.17) is 4.74 Å². The van der Waals surface area contributed by atoms with Crippen LogP contribution in [0.3, 0.4) is 0 Å². The zero-order chi connectivity index (χ0) is 13.8. The Hall–Kier alpha value is -0.160. The summed E-state index contributed by atoms with van der Waals surface area (Å²) in [7, 11) is 8.33. The van der Waals surface area contributed by atoms with Gasteiger partial charge in [0.05, 0.1) is 5.60 Å². The van der Waals surface area contributed by atoms with Gasteiger partial charge in [-0.2, -0.15) is 0 Å². The van der Waals surface area contributed by atoms with Crippen molar-refractivity contribution in [3.05, 3.63) is 0 Å². The minimum Gasteiger partial charge on any atom is -0.379 e. The van der Waals surface area contributed by atoms with Crippen molar-refractivity contribution >= 4 is 0 Å². The highest BCUT2D eigenvalue weighted by Crippen LogP contribution is 2.20. The van der Waals surface area contributed by atoms with Gasteiger partial charge in [-0.1, -0.05) is 0 Å². The molecule has 4 heteroatoms. The van der Waals surface area contributed by atoms with Crippen LogP contribution in [0.15, 0.2) is 0 Å². The van der Waals surface area contributed by atoms with Crippen LogP contribution in [-0.4, -0.2) is 75.4 Å². The lowest BCUT2D eigenvalue weighted by molar-refractivity contribution is 0.00644. The Morgan fingerprint density at radius 1 is 1.33 bits per heavy atom. The zero-order valence-corrected chi connectivity index (χ0v) is 13.0. The summed E-state index contributed by atoms with van der Waals surface area (Å²) in [5, 5.41) is 3.50. The molecular weight excluding hydrogens is 226 g/mol. The molecule has 1 heterocycles. The van der Waals surface area contributed by atoms with E-state index in [0.29, 0.717) is 12.1 Å². The van der Waals surface area contributed by atoms with Gasteiger partial charge in [0.25, 0.3) is 0 Å². The molecule has 0 bridgehead atoms. The Labute approximate surface area is 113 Å². The van der Waals surface area contributed by atoms with Crippen molar-refractivity contribution in [3.63, 3.8) is 0 Å². The van der Waals surface area contributed by atoms with E-state index in [-0.39, 0.29) is 5.60 Å². The first-order chi connectivity index (χ1) is 8.39. The molecule has 108 valence electrons. The molecule has 2 atom stereocenters. The number of nitrogens with zero attached hydrogens (tertiary/aromatic N) is 2. The first-order valence-corrected chi connectivity index (χ1v) is 7.01. The van der Waals surface area contributed by atoms with Crippen LogP contribution in [0.25, 0.3) is 0 Å². The molecule has 1 aliphatic heterocycles. The van der Waals surface area contributed by atoms with E-state index in [1.165, 1.54) is 6.54 Å². The van der Waals surface area contributed by atoms with Crippen molar-refractivity contribution in [1.29, 1.82) is 0 Å². The number of likely N-dealkylation sites (N-methyl/N-ethyl adjacent to an activating group) is 3. The average molecular weight is 257 g/mol. The second-order valence-electron chi connectivity index (χ2n) is 6.21. The van der Waals surface area contributed by atoms with Gasteiger partial charge in [0.15, 0.2) is 0 Å². The van der Waals surface area contributed by atoms with Crippen LogP contribution in [0, 0.1) is 0 Å². The van der Waals surface area contributed by atoms with E-state index in [9.17, 15) is 0 Å². The molecule has 4 nitrogen and oxygen atoms in total. The van der Waals surface area contributed by atoms with Crippen molar-refractivity contribution in [2.75, 3.05) is 47.9 Å². The van der Waals surface area contributed by atoms with Gasteiger partial charge in [0.1, 0.15) is 0 Å². The van der Waals surface area contributed by atoms with Gasteiger partial charge in [-0.25, -0.2) is 0 Å². The molecule has 1 aliphatic rings. The number of nitrogens with one attached hydrogen (secondary N) is 1. The topological polar surface area (TPSA) is 27.7 Å². The molecule has 2 unspecified atom stereocenters. The fraction of sp³-hybridized carbons (Fsp3) is 1.00. The monoisotopic (exact) mass is 257 g/mol. The second kappa shape index (κ2) is 6.85. The molecule has 0 radical (unpaired) electrons. The summed E-state index contributed by atoms with van der Waals surface area (Å²) in [5.74, 6) is 0. The Kier molecular flexibility index (Phi) is 6.05. The van der Waals surface area contributed by atoms with Gasteiger partial charge < -0.3 is 15.0 Å². The smallest absolute Gasteiger partial charge is 0.0623 e. The van der Waals surface area contributed by atoms with Crippen LogP contribution in [-0.2, 0) is 4.74 Å². The van der Waals surface area contributed by atoms with E-state index >= 15 is 0 Å². The highest BCUT2D eigenvalue weighted by atomic mass is 16.5. The van der Waals surface area contributed by atoms with Crippen molar-refractivity contribution in [3.8, 4) is 0 Å². The van der Waals surface area contributed by atoms with Crippen LogP contribution in [0.4, 0.5) is 0 Å². The number of hydrogen-bond donors (Lipinski definition) is 1. The summed E-state index contributed by atoms with van der Waals surface area (Å²) >= 11 is 0. The summed E-state index contributed by atoms with van der Waals surface area (Å²) in [6, 6.07) is 1.13. The maximum Gasteiger partial charge on any atom is 0.0623 e. The summed E-state index contributed by atoms with van der Waals surface area (Å²) in [6.07, 6.45) is 2.24. The van der Waals surface area contributed by atoms with Crippen LogP contribution < -0.4 is 5.32 Å². The highest BCUT2D eigenvalue weighted by molar-refractivity contribution is 4.89. The number of hydrogen-bond acceptors (Lipinski definition) is 4. The summed E-state index contributed by atoms with van der Waals surface area (Å²) < 4.78 is 5.52. The molecule has 18 heavy (non-hydrogen) atoms. The molecule has 1 fully saturated rings. The fourth-order valence-electron chi connectivity index (χ4n) is 2.61. The van der Waals surface area contributed by atoms with Crippen LogP contribution >= 0.6 is 0 Å². The van der Waals surface area contributed by atoms with Crippen LogP contribution in [0.5, 0.6) is 0 Å². The van der Waals surface area contributed by atoms with E-state index in [0.717, 1.165) is 25.9 Å². The van der Waals surface area contributed by atoms with E-state index in [1.54, 1.807) is 7.11 Å². The third-order valence-corrected chi connectivity index (χ3v) is 4.34. The maximum absolute atomic E-state index is 5.52. The average Bonchev–Trinajstić information content (AvgIpc) is 2.34. The largest absolute Gasteiger partial charge is 0.379 e.